The molecule has 0 amide bonds. The molecule has 0 fully saturated rings. The maximum Gasteiger partial charge on any atom is 2.00 e. The van der Waals surface area contributed by atoms with Crippen molar-refractivity contribution in [1.82, 2.24) is 0 Å². The van der Waals surface area contributed by atoms with Crippen molar-refractivity contribution in [1.29, 1.82) is 0 Å². The fourth-order valence-electron chi connectivity index (χ4n) is 0.809. The van der Waals surface area contributed by atoms with Gasteiger partial charge in [-0.05, 0) is 0 Å². The molecule has 67 valence electrons. The molecule has 1 heteroatoms. The SMILES string of the molecule is C=CC[CH-]c1ccccc1.[CH3-].[Rh+2]. The van der Waals surface area contributed by atoms with Gasteiger partial charge in [-0.1, -0.05) is 18.6 Å². The zero-order chi connectivity index (χ0) is 7.23. The van der Waals surface area contributed by atoms with Crippen LogP contribution in [0.5, 0.6) is 0 Å². The second-order valence-electron chi connectivity index (χ2n) is 2.14. The van der Waals surface area contributed by atoms with Crippen molar-refractivity contribution in [3.05, 3.63) is 62.4 Å². The Bertz CT molecular complexity index is 191. The molecular weight excluding hydrogens is 235 g/mol. The third-order valence-electron chi connectivity index (χ3n) is 1.32. The Kier molecular flexibility index (Phi) is 9.98. The molecule has 1 aromatic rings. The first-order valence-corrected chi connectivity index (χ1v) is 3.42. The number of allylic oxidation sites excluding steroid dienone is 1. The van der Waals surface area contributed by atoms with Crippen molar-refractivity contribution < 1.29 is 19.5 Å². The molecule has 0 aliphatic rings. The van der Waals surface area contributed by atoms with Crippen LogP contribution >= 0.6 is 0 Å². The van der Waals surface area contributed by atoms with Gasteiger partial charge in [-0.25, -0.2) is 0 Å². The zero-order valence-corrected chi connectivity index (χ0v) is 8.93. The minimum absolute atomic E-state index is 0. The van der Waals surface area contributed by atoms with Crippen molar-refractivity contribution in [2.75, 3.05) is 0 Å². The van der Waals surface area contributed by atoms with Crippen molar-refractivity contribution in [3.63, 3.8) is 0 Å². The first-order chi connectivity index (χ1) is 4.93. The maximum atomic E-state index is 3.64. The largest absolute Gasteiger partial charge is 2.00 e. The number of rotatable bonds is 3. The summed E-state index contributed by atoms with van der Waals surface area (Å²) < 4.78 is 0. The topological polar surface area (TPSA) is 0 Å². The molecule has 1 radical (unpaired) electrons. The van der Waals surface area contributed by atoms with E-state index in [0.29, 0.717) is 0 Å². The fraction of sp³-hybridized carbons (Fsp3) is 0.0909. The van der Waals surface area contributed by atoms with Crippen LogP contribution in [0.1, 0.15) is 12.0 Å². The fourth-order valence-corrected chi connectivity index (χ4v) is 0.809. The normalized spacial score (nSPS) is 7.33. The third kappa shape index (κ3) is 5.15. The van der Waals surface area contributed by atoms with Gasteiger partial charge in [-0.2, -0.15) is 24.1 Å². The van der Waals surface area contributed by atoms with Crippen LogP contribution in [0.25, 0.3) is 0 Å². The molecule has 0 atom stereocenters. The van der Waals surface area contributed by atoms with E-state index in [1.54, 1.807) is 0 Å². The first-order valence-electron chi connectivity index (χ1n) is 3.42. The van der Waals surface area contributed by atoms with Crippen molar-refractivity contribution in [2.45, 2.75) is 6.42 Å². The molecule has 1 rings (SSSR count). The predicted octanol–water partition coefficient (Wildman–Crippen LogP) is 3.26. The molecule has 12 heavy (non-hydrogen) atoms. The van der Waals surface area contributed by atoms with Gasteiger partial charge >= 0.3 is 19.5 Å². The van der Waals surface area contributed by atoms with Gasteiger partial charge in [0.1, 0.15) is 0 Å². The summed E-state index contributed by atoms with van der Waals surface area (Å²) in [7, 11) is 0. The van der Waals surface area contributed by atoms with Crippen LogP contribution in [0.15, 0.2) is 43.0 Å². The van der Waals surface area contributed by atoms with Gasteiger partial charge in [0.2, 0.25) is 0 Å². The molecular formula is C11H14Rh. The van der Waals surface area contributed by atoms with Crippen LogP contribution < -0.4 is 0 Å². The van der Waals surface area contributed by atoms with Crippen LogP contribution in [0, 0.1) is 13.8 Å². The van der Waals surface area contributed by atoms with Crippen molar-refractivity contribution >= 4 is 0 Å². The summed E-state index contributed by atoms with van der Waals surface area (Å²) in [5.41, 5.74) is 1.27. The number of benzene rings is 1. The average Bonchev–Trinajstić information content (AvgIpc) is 2.03. The molecule has 0 unspecified atom stereocenters. The molecule has 0 aromatic heterocycles. The van der Waals surface area contributed by atoms with E-state index in [9.17, 15) is 0 Å². The summed E-state index contributed by atoms with van der Waals surface area (Å²) in [4.78, 5) is 0. The molecule has 0 saturated carbocycles. The minimum Gasteiger partial charge on any atom is -0.358 e. The second-order valence-corrected chi connectivity index (χ2v) is 2.14. The Morgan fingerprint density at radius 3 is 2.33 bits per heavy atom. The molecule has 0 aliphatic heterocycles. The van der Waals surface area contributed by atoms with Crippen LogP contribution in [0.2, 0.25) is 0 Å². The molecule has 1 aromatic carbocycles. The molecule has 0 N–H and O–H groups in total. The zero-order valence-electron chi connectivity index (χ0n) is 7.29. The predicted molar refractivity (Wildman–Crippen MR) is 51.1 cm³/mol. The van der Waals surface area contributed by atoms with Gasteiger partial charge in [0.05, 0.1) is 0 Å². The Hall–Kier alpha value is -0.547. The molecule has 0 nitrogen and oxygen atoms in total. The van der Waals surface area contributed by atoms with E-state index in [-0.39, 0.29) is 26.9 Å². The van der Waals surface area contributed by atoms with E-state index in [4.69, 9.17) is 0 Å². The summed E-state index contributed by atoms with van der Waals surface area (Å²) >= 11 is 0. The minimum atomic E-state index is 0. The Balaban J connectivity index is 0. The summed E-state index contributed by atoms with van der Waals surface area (Å²) in [6, 6.07) is 10.3. The quantitative estimate of drug-likeness (QED) is 0.438. The number of hydrogen-bond donors (Lipinski definition) is 0. The maximum absolute atomic E-state index is 3.64. The summed E-state index contributed by atoms with van der Waals surface area (Å²) in [6.07, 6.45) is 4.99. The van der Waals surface area contributed by atoms with Gasteiger partial charge in [0.25, 0.3) is 0 Å². The molecule has 0 spiro atoms. The van der Waals surface area contributed by atoms with E-state index >= 15 is 0 Å². The van der Waals surface area contributed by atoms with Gasteiger partial charge in [-0.15, -0.1) is 18.7 Å². The second kappa shape index (κ2) is 8.55. The van der Waals surface area contributed by atoms with E-state index in [0.717, 1.165) is 6.42 Å². The smallest absolute Gasteiger partial charge is 0.358 e. The molecule has 0 saturated heterocycles. The van der Waals surface area contributed by atoms with Crippen LogP contribution in [-0.4, -0.2) is 0 Å². The van der Waals surface area contributed by atoms with Crippen LogP contribution in [0.3, 0.4) is 0 Å². The Morgan fingerprint density at radius 2 is 1.83 bits per heavy atom. The van der Waals surface area contributed by atoms with Crippen LogP contribution in [-0.2, 0) is 19.5 Å². The van der Waals surface area contributed by atoms with Crippen molar-refractivity contribution in [3.8, 4) is 0 Å². The molecule has 0 bridgehead atoms. The van der Waals surface area contributed by atoms with Gasteiger partial charge in [0.15, 0.2) is 0 Å². The monoisotopic (exact) mass is 249 g/mol. The van der Waals surface area contributed by atoms with Gasteiger partial charge < -0.3 is 7.43 Å². The Morgan fingerprint density at radius 1 is 1.25 bits per heavy atom. The summed E-state index contributed by atoms with van der Waals surface area (Å²) in [6.45, 7) is 3.64. The molecule has 0 aliphatic carbocycles. The third-order valence-corrected chi connectivity index (χ3v) is 1.32. The van der Waals surface area contributed by atoms with Crippen molar-refractivity contribution in [2.24, 2.45) is 0 Å². The van der Waals surface area contributed by atoms with Gasteiger partial charge in [0, 0.05) is 0 Å². The first kappa shape index (κ1) is 14.0. The standard InChI is InChI=1S/C10H11.CH3.Rh/c1-2-3-7-10-8-5-4-6-9-10;;/h2,4-9H,1,3H2;1H3;/q2*-1;+2. The average molecular weight is 249 g/mol. The summed E-state index contributed by atoms with van der Waals surface area (Å²) in [5.74, 6) is 0. The summed E-state index contributed by atoms with van der Waals surface area (Å²) in [5, 5.41) is 0. The van der Waals surface area contributed by atoms with Gasteiger partial charge in [-0.3, -0.25) is 0 Å². The van der Waals surface area contributed by atoms with Crippen LogP contribution in [0.4, 0.5) is 0 Å². The van der Waals surface area contributed by atoms with E-state index in [2.05, 4.69) is 25.1 Å². The van der Waals surface area contributed by atoms with E-state index in [1.807, 2.05) is 24.3 Å². The Labute approximate surface area is 88.5 Å². The van der Waals surface area contributed by atoms with E-state index in [1.165, 1.54) is 5.56 Å². The number of hydrogen-bond acceptors (Lipinski definition) is 0. The molecule has 0 heterocycles. The van der Waals surface area contributed by atoms with E-state index < -0.39 is 0 Å².